The second kappa shape index (κ2) is 37.1. The van der Waals surface area contributed by atoms with Crippen LogP contribution in [-0.2, 0) is 14.3 Å². The van der Waals surface area contributed by atoms with Gasteiger partial charge in [-0.05, 0) is 91.3 Å². The number of ether oxygens (including phenoxy) is 1. The van der Waals surface area contributed by atoms with Gasteiger partial charge in [-0.2, -0.15) is 8.78 Å². The second-order valence-corrected chi connectivity index (χ2v) is 16.6. The van der Waals surface area contributed by atoms with Crippen molar-refractivity contribution in [3.8, 4) is 0 Å². The Balaban J connectivity index is 5.24. The van der Waals surface area contributed by atoms with Crippen molar-refractivity contribution in [1.29, 1.82) is 0 Å². The fourth-order valence-corrected chi connectivity index (χ4v) is 7.55. The Labute approximate surface area is 334 Å². The molecule has 0 heterocycles. The summed E-state index contributed by atoms with van der Waals surface area (Å²) in [6.07, 6.45) is 33.9. The number of hydrogen-bond acceptors (Lipinski definition) is 4. The Morgan fingerprint density at radius 2 is 1.04 bits per heavy atom. The predicted molar refractivity (Wildman–Crippen MR) is 228 cm³/mol. The van der Waals surface area contributed by atoms with Gasteiger partial charge >= 0.3 is 11.9 Å². The number of carbonyl (C=O) groups is 2. The van der Waals surface area contributed by atoms with Crippen LogP contribution in [0.1, 0.15) is 233 Å². The van der Waals surface area contributed by atoms with Gasteiger partial charge in [0.25, 0.3) is 0 Å². The number of alkyl halides is 2. The Kier molecular flexibility index (Phi) is 36.1. The van der Waals surface area contributed by atoms with Crippen molar-refractivity contribution in [2.45, 2.75) is 251 Å². The summed E-state index contributed by atoms with van der Waals surface area (Å²) in [7, 11) is 4.12. The van der Waals surface area contributed by atoms with Crippen LogP contribution in [0, 0.1) is 0 Å². The molecule has 0 aliphatic carbocycles. The van der Waals surface area contributed by atoms with Gasteiger partial charge in [0, 0.05) is 25.4 Å². The molecule has 1 amide bonds. The van der Waals surface area contributed by atoms with E-state index < -0.39 is 24.4 Å². The molecule has 0 N–H and O–H groups in total. The number of unbranched alkanes of at least 4 members (excludes halogenated alkanes) is 21. The fourth-order valence-electron chi connectivity index (χ4n) is 7.55. The highest BCUT2D eigenvalue weighted by Gasteiger charge is 2.41. The van der Waals surface area contributed by atoms with Gasteiger partial charge < -0.3 is 14.5 Å². The molecule has 0 radical (unpaired) electrons. The van der Waals surface area contributed by atoms with Crippen molar-refractivity contribution >= 4 is 11.9 Å². The van der Waals surface area contributed by atoms with Crippen molar-refractivity contribution in [2.24, 2.45) is 0 Å². The molecule has 0 spiro atoms. The van der Waals surface area contributed by atoms with Crippen LogP contribution >= 0.6 is 0 Å². The van der Waals surface area contributed by atoms with Crippen LogP contribution in [0.3, 0.4) is 0 Å². The first kappa shape index (κ1) is 52.5. The molecule has 320 valence electrons. The van der Waals surface area contributed by atoms with E-state index in [1.807, 2.05) is 6.08 Å². The molecule has 0 saturated carbocycles. The third-order valence-corrected chi connectivity index (χ3v) is 11.1. The summed E-state index contributed by atoms with van der Waals surface area (Å²) in [5.74, 6) is -4.50. The number of carbonyl (C=O) groups excluding carboxylic acids is 2. The van der Waals surface area contributed by atoms with Crippen LogP contribution in [0.5, 0.6) is 0 Å². The van der Waals surface area contributed by atoms with E-state index in [9.17, 15) is 9.59 Å². The monoisotopic (exact) mass is 769 g/mol. The lowest BCUT2D eigenvalue weighted by molar-refractivity contribution is -0.179. The fraction of sp³-hybridized carbons (Fsp3) is 0.915. The van der Waals surface area contributed by atoms with Crippen LogP contribution in [0.15, 0.2) is 12.7 Å². The van der Waals surface area contributed by atoms with Crippen molar-refractivity contribution < 1.29 is 23.1 Å². The smallest absolute Gasteiger partial charge is 0.377 e. The number of rotatable bonds is 41. The largest absolute Gasteiger partial charge is 0.458 e. The Morgan fingerprint density at radius 1 is 0.593 bits per heavy atom. The van der Waals surface area contributed by atoms with E-state index in [1.54, 1.807) is 0 Å². The minimum atomic E-state index is -3.45. The molecule has 0 aromatic rings. The highest BCUT2D eigenvalue weighted by molar-refractivity contribution is 5.77. The third kappa shape index (κ3) is 30.7. The number of allylic oxidation sites excluding steroid dienone is 1. The van der Waals surface area contributed by atoms with Gasteiger partial charge in [0.1, 0.15) is 6.10 Å². The Morgan fingerprint density at radius 3 is 1.56 bits per heavy atom. The molecular weight excluding hydrogens is 679 g/mol. The van der Waals surface area contributed by atoms with Gasteiger partial charge in [-0.3, -0.25) is 4.79 Å². The summed E-state index contributed by atoms with van der Waals surface area (Å²) >= 11 is 0. The van der Waals surface area contributed by atoms with Gasteiger partial charge in [0.15, 0.2) is 0 Å². The molecule has 2 unspecified atom stereocenters. The average Bonchev–Trinajstić information content (AvgIpc) is 3.14. The maximum absolute atomic E-state index is 15.0. The first-order valence-corrected chi connectivity index (χ1v) is 23.3. The molecule has 0 aliphatic heterocycles. The minimum absolute atomic E-state index is 0.217. The van der Waals surface area contributed by atoms with Crippen molar-refractivity contribution in [2.75, 3.05) is 27.2 Å². The first-order chi connectivity index (χ1) is 26.1. The lowest BCUT2D eigenvalue weighted by atomic mass is 9.97. The van der Waals surface area contributed by atoms with Crippen molar-refractivity contribution in [1.82, 2.24) is 9.80 Å². The van der Waals surface area contributed by atoms with Crippen LogP contribution in [0.4, 0.5) is 8.78 Å². The molecule has 0 fully saturated rings. The van der Waals surface area contributed by atoms with Crippen LogP contribution < -0.4 is 0 Å². The van der Waals surface area contributed by atoms with Gasteiger partial charge in [0.05, 0.1) is 0 Å². The molecule has 0 bridgehead atoms. The number of halogens is 2. The molecule has 0 aliphatic rings. The lowest BCUT2D eigenvalue weighted by Crippen LogP contribution is -2.41. The number of nitrogens with zero attached hydrogens (tertiary/aromatic N) is 2. The molecule has 5 nitrogen and oxygen atoms in total. The zero-order chi connectivity index (χ0) is 40.1. The summed E-state index contributed by atoms with van der Waals surface area (Å²) < 4.78 is 35.5. The van der Waals surface area contributed by atoms with E-state index in [1.165, 1.54) is 83.5 Å². The van der Waals surface area contributed by atoms with E-state index in [0.29, 0.717) is 32.1 Å². The van der Waals surface area contributed by atoms with E-state index >= 15 is 8.78 Å². The highest BCUT2D eigenvalue weighted by Crippen LogP contribution is 2.27. The van der Waals surface area contributed by atoms with Gasteiger partial charge in [-0.1, -0.05) is 155 Å². The number of esters is 1. The SMILES string of the molecule is C=CCCCCC(CCCCCC)OC(=O)C(F)(F)CCCCCCC(CCCCCCCCC)N(CCCCCCCCCC)C(=O)CCCN(C)C. The summed E-state index contributed by atoms with van der Waals surface area (Å²) in [5, 5.41) is 0. The molecule has 0 aromatic heterocycles. The standard InChI is InChI=1S/C47H90F2N2O3/c1-7-11-15-19-21-23-27-33-42-51(45(52)39-34-41-50(5)6)43(35-28-24-22-20-16-12-8-2)36-29-25-26-32-40-47(48,49)46(53)54-44(37-30-17-13-9-3)38-31-18-14-10-4/h9,43-44H,3,7-8,10-42H2,1-2,4-6H3. The van der Waals surface area contributed by atoms with Crippen LogP contribution in [0.25, 0.3) is 0 Å². The number of amides is 1. The minimum Gasteiger partial charge on any atom is -0.458 e. The van der Waals surface area contributed by atoms with Crippen molar-refractivity contribution in [3.05, 3.63) is 12.7 Å². The maximum Gasteiger partial charge on any atom is 0.377 e. The zero-order valence-electron chi connectivity index (χ0n) is 36.6. The number of hydrogen-bond donors (Lipinski definition) is 0. The summed E-state index contributed by atoms with van der Waals surface area (Å²) in [5.41, 5.74) is 0. The van der Waals surface area contributed by atoms with Crippen LogP contribution in [0.2, 0.25) is 0 Å². The molecule has 0 saturated heterocycles. The molecule has 54 heavy (non-hydrogen) atoms. The average molecular weight is 769 g/mol. The van der Waals surface area contributed by atoms with Gasteiger partial charge in [-0.25, -0.2) is 4.79 Å². The van der Waals surface area contributed by atoms with Crippen LogP contribution in [-0.4, -0.2) is 66.9 Å². The first-order valence-electron chi connectivity index (χ1n) is 23.3. The van der Waals surface area contributed by atoms with Gasteiger partial charge in [-0.15, -0.1) is 6.58 Å². The molecule has 2 atom stereocenters. The highest BCUT2D eigenvalue weighted by atomic mass is 19.3. The lowest BCUT2D eigenvalue weighted by Gasteiger charge is -2.33. The summed E-state index contributed by atoms with van der Waals surface area (Å²) in [6.45, 7) is 12.2. The van der Waals surface area contributed by atoms with E-state index in [4.69, 9.17) is 4.74 Å². The topological polar surface area (TPSA) is 49.9 Å². The van der Waals surface area contributed by atoms with E-state index in [-0.39, 0.29) is 11.9 Å². The van der Waals surface area contributed by atoms with E-state index in [0.717, 1.165) is 103 Å². The predicted octanol–water partition coefficient (Wildman–Crippen LogP) is 14.4. The van der Waals surface area contributed by atoms with Crippen molar-refractivity contribution in [3.63, 3.8) is 0 Å². The molecule has 0 aromatic carbocycles. The molecule has 0 rings (SSSR count). The second-order valence-electron chi connectivity index (χ2n) is 16.6. The summed E-state index contributed by atoms with van der Waals surface area (Å²) in [6, 6.07) is 0.217. The summed E-state index contributed by atoms with van der Waals surface area (Å²) in [4.78, 5) is 30.8. The molecular formula is C47H90F2N2O3. The Bertz CT molecular complexity index is 868. The maximum atomic E-state index is 15.0. The van der Waals surface area contributed by atoms with Gasteiger partial charge in [0.2, 0.25) is 5.91 Å². The third-order valence-electron chi connectivity index (χ3n) is 11.1. The van der Waals surface area contributed by atoms with E-state index in [2.05, 4.69) is 51.2 Å². The quantitative estimate of drug-likeness (QED) is 0.0353. The zero-order valence-corrected chi connectivity index (χ0v) is 36.6. The molecule has 7 heteroatoms. The Hall–Kier alpha value is -1.50. The normalized spacial score (nSPS) is 13.0.